The summed E-state index contributed by atoms with van der Waals surface area (Å²) in [5, 5.41) is 1.21. The van der Waals surface area contributed by atoms with Crippen molar-refractivity contribution in [3.05, 3.63) is 34.3 Å². The fraction of sp³-hybridized carbons (Fsp3) is 0.364. The Morgan fingerprint density at radius 1 is 1.46 bits per heavy atom. The highest BCUT2D eigenvalue weighted by atomic mass is 32.1. The van der Waals surface area contributed by atoms with E-state index >= 15 is 0 Å². The maximum Gasteiger partial charge on any atom is 0.0960 e. The molecule has 70 valence electrons. The Labute approximate surface area is 83.8 Å². The summed E-state index contributed by atoms with van der Waals surface area (Å²) in [7, 11) is 0. The molecule has 0 amide bonds. The summed E-state index contributed by atoms with van der Waals surface area (Å²) in [5.74, 6) is 0.523. The average molecular weight is 193 g/mol. The fourth-order valence-electron chi connectivity index (χ4n) is 0.990. The molecule has 0 saturated carbocycles. The molecule has 0 aliphatic heterocycles. The number of thiazole rings is 1. The second-order valence-electron chi connectivity index (χ2n) is 3.24. The number of hydrogen-bond donors (Lipinski definition) is 0. The molecule has 1 heterocycles. The number of aryl methyl sites for hydroxylation is 1. The van der Waals surface area contributed by atoms with Gasteiger partial charge in [-0.25, -0.2) is 4.98 Å². The highest BCUT2D eigenvalue weighted by molar-refractivity contribution is 7.11. The van der Waals surface area contributed by atoms with Crippen LogP contribution in [0.15, 0.2) is 18.7 Å². The third-order valence-electron chi connectivity index (χ3n) is 1.73. The van der Waals surface area contributed by atoms with Crippen molar-refractivity contribution in [2.75, 3.05) is 0 Å². The number of allylic oxidation sites excluding steroid dienone is 2. The van der Waals surface area contributed by atoms with Crippen LogP contribution in [0.25, 0.3) is 6.08 Å². The number of nitrogens with zero attached hydrogens (tertiary/aromatic N) is 1. The molecule has 13 heavy (non-hydrogen) atoms. The normalized spacial score (nSPS) is 11.4. The van der Waals surface area contributed by atoms with Crippen LogP contribution in [0.2, 0.25) is 0 Å². The summed E-state index contributed by atoms with van der Waals surface area (Å²) in [6.45, 7) is 10.1. The maximum atomic E-state index is 4.53. The molecule has 0 aromatic carbocycles. The van der Waals surface area contributed by atoms with E-state index in [2.05, 4.69) is 32.3 Å². The quantitative estimate of drug-likeness (QED) is 0.666. The van der Waals surface area contributed by atoms with Crippen LogP contribution in [0.1, 0.15) is 35.3 Å². The summed E-state index contributed by atoms with van der Waals surface area (Å²) < 4.78 is 0. The van der Waals surface area contributed by atoms with Gasteiger partial charge >= 0.3 is 0 Å². The fourth-order valence-corrected chi connectivity index (χ4v) is 1.90. The van der Waals surface area contributed by atoms with E-state index in [0.29, 0.717) is 5.92 Å². The lowest BCUT2D eigenvalue weighted by atomic mass is 10.2. The van der Waals surface area contributed by atoms with Crippen LogP contribution in [0.3, 0.4) is 0 Å². The Morgan fingerprint density at radius 2 is 2.15 bits per heavy atom. The first-order chi connectivity index (χ1) is 6.15. The van der Waals surface area contributed by atoms with Crippen molar-refractivity contribution in [3.8, 4) is 0 Å². The van der Waals surface area contributed by atoms with E-state index in [1.807, 2.05) is 12.2 Å². The predicted molar refractivity (Wildman–Crippen MR) is 60.2 cm³/mol. The van der Waals surface area contributed by atoms with Gasteiger partial charge in [0, 0.05) is 10.8 Å². The van der Waals surface area contributed by atoms with Gasteiger partial charge in [-0.05, 0) is 13.0 Å². The summed E-state index contributed by atoms with van der Waals surface area (Å²) >= 11 is 1.78. The summed E-state index contributed by atoms with van der Waals surface area (Å²) in [6, 6.07) is 0. The number of rotatable bonds is 3. The molecule has 0 aliphatic rings. The van der Waals surface area contributed by atoms with Gasteiger partial charge in [-0.2, -0.15) is 0 Å². The molecule has 0 saturated heterocycles. The third kappa shape index (κ3) is 2.52. The molecular weight excluding hydrogens is 178 g/mol. The lowest BCUT2D eigenvalue weighted by Gasteiger charge is -1.94. The predicted octanol–water partition coefficient (Wildman–Crippen LogP) is 3.77. The van der Waals surface area contributed by atoms with Crippen molar-refractivity contribution in [1.29, 1.82) is 0 Å². The minimum atomic E-state index is 0.523. The first-order valence-electron chi connectivity index (χ1n) is 4.41. The van der Waals surface area contributed by atoms with E-state index < -0.39 is 0 Å². The zero-order valence-corrected chi connectivity index (χ0v) is 9.19. The molecule has 1 aromatic heterocycles. The van der Waals surface area contributed by atoms with Crippen molar-refractivity contribution in [2.45, 2.75) is 26.7 Å². The minimum absolute atomic E-state index is 0.523. The van der Waals surface area contributed by atoms with Gasteiger partial charge < -0.3 is 0 Å². The van der Waals surface area contributed by atoms with Crippen molar-refractivity contribution < 1.29 is 0 Å². The Morgan fingerprint density at radius 3 is 2.62 bits per heavy atom. The van der Waals surface area contributed by atoms with Gasteiger partial charge in [0.25, 0.3) is 0 Å². The minimum Gasteiger partial charge on any atom is -0.241 e. The van der Waals surface area contributed by atoms with E-state index in [-0.39, 0.29) is 0 Å². The van der Waals surface area contributed by atoms with Gasteiger partial charge in [-0.3, -0.25) is 0 Å². The highest BCUT2D eigenvalue weighted by Crippen LogP contribution is 2.24. The van der Waals surface area contributed by atoms with Crippen molar-refractivity contribution in [3.63, 3.8) is 0 Å². The molecule has 1 nitrogen and oxygen atoms in total. The molecular formula is C11H15NS. The van der Waals surface area contributed by atoms with Gasteiger partial charge in [-0.1, -0.05) is 32.6 Å². The molecule has 1 aromatic rings. The maximum absolute atomic E-state index is 4.53. The van der Waals surface area contributed by atoms with Gasteiger partial charge in [-0.15, -0.1) is 11.3 Å². The Kier molecular flexibility index (Phi) is 3.43. The van der Waals surface area contributed by atoms with Crippen LogP contribution in [0, 0.1) is 6.92 Å². The van der Waals surface area contributed by atoms with Crippen molar-refractivity contribution in [2.24, 2.45) is 0 Å². The smallest absolute Gasteiger partial charge is 0.0960 e. The van der Waals surface area contributed by atoms with Crippen LogP contribution in [0.5, 0.6) is 0 Å². The molecule has 0 unspecified atom stereocenters. The van der Waals surface area contributed by atoms with Gasteiger partial charge in [0.15, 0.2) is 0 Å². The molecule has 0 N–H and O–H groups in total. The lowest BCUT2D eigenvalue weighted by Crippen LogP contribution is -1.84. The third-order valence-corrected chi connectivity index (χ3v) is 3.02. The van der Waals surface area contributed by atoms with Crippen LogP contribution in [-0.2, 0) is 0 Å². The molecule has 1 rings (SSSR count). The first-order valence-corrected chi connectivity index (χ1v) is 5.23. The molecule has 0 atom stereocenters. The zero-order valence-electron chi connectivity index (χ0n) is 8.37. The Bertz CT molecular complexity index is 321. The average Bonchev–Trinajstić information content (AvgIpc) is 2.44. The molecule has 0 fully saturated rings. The molecule has 0 spiro atoms. The Hall–Kier alpha value is -0.890. The summed E-state index contributed by atoms with van der Waals surface area (Å²) in [4.78, 5) is 5.81. The number of aromatic nitrogens is 1. The van der Waals surface area contributed by atoms with Crippen molar-refractivity contribution >= 4 is 17.4 Å². The largest absolute Gasteiger partial charge is 0.241 e. The van der Waals surface area contributed by atoms with E-state index in [0.717, 1.165) is 5.69 Å². The molecule has 0 aliphatic carbocycles. The van der Waals surface area contributed by atoms with Crippen LogP contribution < -0.4 is 0 Å². The lowest BCUT2D eigenvalue weighted by molar-refractivity contribution is 0.851. The van der Waals surface area contributed by atoms with Crippen LogP contribution >= 0.6 is 11.3 Å². The SMILES string of the molecule is C=C/C=C\c1nc(C(C)C)sc1C. The Balaban J connectivity index is 2.96. The standard InChI is InChI=1S/C11H15NS/c1-5-6-7-10-9(4)13-11(12-10)8(2)3/h5-8H,1H2,2-4H3/b7-6-. The van der Waals surface area contributed by atoms with E-state index in [9.17, 15) is 0 Å². The molecule has 0 radical (unpaired) electrons. The number of hydrogen-bond acceptors (Lipinski definition) is 2. The first kappa shape index (κ1) is 10.2. The van der Waals surface area contributed by atoms with Gasteiger partial charge in [0.2, 0.25) is 0 Å². The summed E-state index contributed by atoms with van der Waals surface area (Å²) in [5.41, 5.74) is 1.08. The molecule has 0 bridgehead atoms. The highest BCUT2D eigenvalue weighted by Gasteiger charge is 2.07. The molecule has 2 heteroatoms. The second-order valence-corrected chi connectivity index (χ2v) is 4.48. The second kappa shape index (κ2) is 4.38. The zero-order chi connectivity index (χ0) is 9.84. The van der Waals surface area contributed by atoms with E-state index in [1.54, 1.807) is 17.4 Å². The van der Waals surface area contributed by atoms with Crippen molar-refractivity contribution in [1.82, 2.24) is 4.98 Å². The van der Waals surface area contributed by atoms with Crippen LogP contribution in [-0.4, -0.2) is 4.98 Å². The van der Waals surface area contributed by atoms with Crippen LogP contribution in [0.4, 0.5) is 0 Å². The van der Waals surface area contributed by atoms with E-state index in [1.165, 1.54) is 9.88 Å². The van der Waals surface area contributed by atoms with E-state index in [4.69, 9.17) is 0 Å². The van der Waals surface area contributed by atoms with Gasteiger partial charge in [0.1, 0.15) is 0 Å². The topological polar surface area (TPSA) is 12.9 Å². The monoisotopic (exact) mass is 193 g/mol. The van der Waals surface area contributed by atoms with Gasteiger partial charge in [0.05, 0.1) is 10.7 Å². The summed E-state index contributed by atoms with van der Waals surface area (Å²) in [6.07, 6.45) is 5.70.